The number of hydrogen-bond acceptors (Lipinski definition) is 6. The highest BCUT2D eigenvalue weighted by molar-refractivity contribution is 7.90. The summed E-state index contributed by atoms with van der Waals surface area (Å²) in [5, 5.41) is 4.80. The Hall–Kier alpha value is -3.98. The first-order valence-corrected chi connectivity index (χ1v) is 15.1. The Kier molecular flexibility index (Phi) is 7.52. The van der Waals surface area contributed by atoms with Crippen LogP contribution in [0.2, 0.25) is 0 Å². The van der Waals surface area contributed by atoms with Crippen molar-refractivity contribution < 1.29 is 17.9 Å². The molecule has 0 aliphatic carbocycles. The highest BCUT2D eigenvalue weighted by Gasteiger charge is 2.32. The first-order valence-electron chi connectivity index (χ1n) is 13.0. The average molecular weight is 545 g/mol. The standard InChI is InChI=1S/C30H32N4O4S/c1-21(2)23-6-4-22(5-7-23)20-38-26-10-8-24(9-11-26)27-28(25-12-14-31-15-13-25)32-34-17-16-33(30(35)29(27)34)18-19-39(3,36)37/h4-15,21H,16-20H2,1-3H3. The monoisotopic (exact) mass is 544 g/mol. The first kappa shape index (κ1) is 26.6. The SMILES string of the molecule is CC(C)c1ccc(COc2ccc(-c3c(-c4ccncc4)nn4c3C(=O)N(CCS(C)(=O)=O)CC4)cc2)cc1. The molecule has 39 heavy (non-hydrogen) atoms. The number of amides is 1. The molecule has 0 bridgehead atoms. The molecule has 3 heterocycles. The van der Waals surface area contributed by atoms with Crippen LogP contribution in [0.3, 0.4) is 0 Å². The van der Waals surface area contributed by atoms with Crippen LogP contribution in [-0.2, 0) is 23.0 Å². The summed E-state index contributed by atoms with van der Waals surface area (Å²) in [5.41, 5.74) is 5.92. The fourth-order valence-corrected chi connectivity index (χ4v) is 5.22. The molecule has 1 aliphatic rings. The topological polar surface area (TPSA) is 94.4 Å². The summed E-state index contributed by atoms with van der Waals surface area (Å²) in [6.45, 7) is 5.84. The molecule has 0 saturated carbocycles. The Morgan fingerprint density at radius 3 is 2.26 bits per heavy atom. The third kappa shape index (κ3) is 6.04. The summed E-state index contributed by atoms with van der Waals surface area (Å²) < 4.78 is 31.3. The Labute approximate surface area is 229 Å². The van der Waals surface area contributed by atoms with Crippen LogP contribution >= 0.6 is 0 Å². The van der Waals surface area contributed by atoms with Crippen molar-refractivity contribution in [3.05, 3.63) is 89.9 Å². The Morgan fingerprint density at radius 1 is 0.923 bits per heavy atom. The van der Waals surface area contributed by atoms with E-state index in [1.807, 2.05) is 36.4 Å². The van der Waals surface area contributed by atoms with E-state index >= 15 is 0 Å². The van der Waals surface area contributed by atoms with Crippen LogP contribution in [0.1, 0.15) is 41.4 Å². The molecule has 5 rings (SSSR count). The van der Waals surface area contributed by atoms with Gasteiger partial charge in [-0.25, -0.2) is 8.42 Å². The van der Waals surface area contributed by atoms with Gasteiger partial charge in [0.15, 0.2) is 0 Å². The number of benzene rings is 2. The number of pyridine rings is 1. The van der Waals surface area contributed by atoms with Crippen LogP contribution in [0.25, 0.3) is 22.4 Å². The third-order valence-corrected chi connectivity index (χ3v) is 7.83. The summed E-state index contributed by atoms with van der Waals surface area (Å²) >= 11 is 0. The largest absolute Gasteiger partial charge is 0.489 e. The number of nitrogens with zero attached hydrogens (tertiary/aromatic N) is 4. The summed E-state index contributed by atoms with van der Waals surface area (Å²) in [6.07, 6.45) is 4.58. The molecule has 0 atom stereocenters. The molecule has 9 heteroatoms. The minimum absolute atomic E-state index is 0.0777. The van der Waals surface area contributed by atoms with Crippen LogP contribution in [0.4, 0.5) is 0 Å². The molecule has 2 aromatic heterocycles. The van der Waals surface area contributed by atoms with Crippen LogP contribution in [0.5, 0.6) is 5.75 Å². The molecule has 0 N–H and O–H groups in total. The molecule has 4 aromatic rings. The number of sulfone groups is 1. The zero-order chi connectivity index (χ0) is 27.6. The van der Waals surface area contributed by atoms with Crippen molar-refractivity contribution in [3.8, 4) is 28.1 Å². The van der Waals surface area contributed by atoms with E-state index in [1.54, 1.807) is 22.0 Å². The zero-order valence-electron chi connectivity index (χ0n) is 22.4. The molecular weight excluding hydrogens is 512 g/mol. The van der Waals surface area contributed by atoms with Gasteiger partial charge in [0.2, 0.25) is 0 Å². The van der Waals surface area contributed by atoms with E-state index in [-0.39, 0.29) is 18.2 Å². The fourth-order valence-electron chi connectivity index (χ4n) is 4.67. The number of rotatable bonds is 9. The quantitative estimate of drug-likeness (QED) is 0.300. The van der Waals surface area contributed by atoms with E-state index in [0.29, 0.717) is 42.6 Å². The lowest BCUT2D eigenvalue weighted by Gasteiger charge is -2.27. The van der Waals surface area contributed by atoms with Gasteiger partial charge in [-0.1, -0.05) is 50.2 Å². The molecule has 0 unspecified atom stereocenters. The van der Waals surface area contributed by atoms with Crippen molar-refractivity contribution in [2.24, 2.45) is 0 Å². The summed E-state index contributed by atoms with van der Waals surface area (Å²) in [7, 11) is -3.20. The van der Waals surface area contributed by atoms with E-state index in [0.717, 1.165) is 22.4 Å². The molecule has 0 spiro atoms. The maximum absolute atomic E-state index is 13.6. The third-order valence-electron chi connectivity index (χ3n) is 6.90. The number of hydrogen-bond donors (Lipinski definition) is 0. The molecule has 0 radical (unpaired) electrons. The maximum Gasteiger partial charge on any atom is 0.272 e. The van der Waals surface area contributed by atoms with E-state index in [1.165, 1.54) is 11.8 Å². The number of carbonyl (C=O) groups excluding carboxylic acids is 1. The van der Waals surface area contributed by atoms with Crippen molar-refractivity contribution in [2.45, 2.75) is 32.9 Å². The van der Waals surface area contributed by atoms with Gasteiger partial charge in [-0.05, 0) is 46.9 Å². The van der Waals surface area contributed by atoms with Gasteiger partial charge in [0.25, 0.3) is 5.91 Å². The van der Waals surface area contributed by atoms with Crippen LogP contribution in [-0.4, -0.2) is 59.1 Å². The highest BCUT2D eigenvalue weighted by atomic mass is 32.2. The molecule has 1 amide bonds. The second-order valence-electron chi connectivity index (χ2n) is 10.2. The molecule has 2 aromatic carbocycles. The predicted octanol–water partition coefficient (Wildman–Crippen LogP) is 4.81. The van der Waals surface area contributed by atoms with Gasteiger partial charge >= 0.3 is 0 Å². The number of ether oxygens (including phenoxy) is 1. The van der Waals surface area contributed by atoms with Gasteiger partial charge in [0.05, 0.1) is 12.3 Å². The van der Waals surface area contributed by atoms with Crippen molar-refractivity contribution in [2.75, 3.05) is 25.1 Å². The molecule has 0 saturated heterocycles. The zero-order valence-corrected chi connectivity index (χ0v) is 23.2. The van der Waals surface area contributed by atoms with Crippen molar-refractivity contribution in [1.82, 2.24) is 19.7 Å². The number of aromatic nitrogens is 3. The summed E-state index contributed by atoms with van der Waals surface area (Å²) in [4.78, 5) is 19.3. The van der Waals surface area contributed by atoms with Gasteiger partial charge in [0, 0.05) is 42.9 Å². The Balaban J connectivity index is 1.43. The molecule has 1 aliphatic heterocycles. The summed E-state index contributed by atoms with van der Waals surface area (Å²) in [6, 6.07) is 19.8. The normalized spacial score (nSPS) is 13.5. The van der Waals surface area contributed by atoms with Gasteiger partial charge in [0.1, 0.15) is 33.6 Å². The van der Waals surface area contributed by atoms with Gasteiger partial charge in [-0.2, -0.15) is 5.10 Å². The van der Waals surface area contributed by atoms with E-state index < -0.39 is 9.84 Å². The lowest BCUT2D eigenvalue weighted by Crippen LogP contribution is -2.42. The molecule has 202 valence electrons. The summed E-state index contributed by atoms with van der Waals surface area (Å²) in [5.74, 6) is 0.904. The first-order chi connectivity index (χ1) is 18.7. The highest BCUT2D eigenvalue weighted by Crippen LogP contribution is 2.37. The smallest absolute Gasteiger partial charge is 0.272 e. The minimum Gasteiger partial charge on any atom is -0.489 e. The number of carbonyl (C=O) groups is 1. The van der Waals surface area contributed by atoms with Crippen LogP contribution < -0.4 is 4.74 Å². The minimum atomic E-state index is -3.20. The average Bonchev–Trinajstić information content (AvgIpc) is 3.32. The second-order valence-corrected chi connectivity index (χ2v) is 12.4. The predicted molar refractivity (Wildman–Crippen MR) is 151 cm³/mol. The Bertz CT molecular complexity index is 1560. The molecular formula is C30H32N4O4S. The second kappa shape index (κ2) is 11.0. The van der Waals surface area contributed by atoms with Gasteiger partial charge < -0.3 is 9.64 Å². The van der Waals surface area contributed by atoms with Gasteiger partial charge in [-0.15, -0.1) is 0 Å². The Morgan fingerprint density at radius 2 is 1.62 bits per heavy atom. The van der Waals surface area contributed by atoms with Crippen LogP contribution in [0.15, 0.2) is 73.1 Å². The van der Waals surface area contributed by atoms with Crippen LogP contribution in [0, 0.1) is 0 Å². The van der Waals surface area contributed by atoms with E-state index in [9.17, 15) is 13.2 Å². The van der Waals surface area contributed by atoms with Crippen molar-refractivity contribution in [1.29, 1.82) is 0 Å². The lowest BCUT2D eigenvalue weighted by atomic mass is 9.98. The lowest BCUT2D eigenvalue weighted by molar-refractivity contribution is 0.0710. The van der Waals surface area contributed by atoms with E-state index in [4.69, 9.17) is 9.84 Å². The van der Waals surface area contributed by atoms with Gasteiger partial charge in [-0.3, -0.25) is 14.5 Å². The molecule has 8 nitrogen and oxygen atoms in total. The molecule has 0 fully saturated rings. The maximum atomic E-state index is 13.6. The number of fused-ring (bicyclic) bond motifs is 1. The van der Waals surface area contributed by atoms with E-state index in [2.05, 4.69) is 43.1 Å². The fraction of sp³-hybridized carbons (Fsp3) is 0.300. The van der Waals surface area contributed by atoms with Crippen molar-refractivity contribution >= 4 is 15.7 Å². The van der Waals surface area contributed by atoms with Crippen molar-refractivity contribution in [3.63, 3.8) is 0 Å².